The van der Waals surface area contributed by atoms with Gasteiger partial charge >= 0.3 is 11.9 Å². The van der Waals surface area contributed by atoms with Gasteiger partial charge in [-0.1, -0.05) is 12.8 Å². The lowest BCUT2D eigenvalue weighted by Gasteiger charge is -2.06. The summed E-state index contributed by atoms with van der Waals surface area (Å²) in [6.07, 6.45) is 3.37. The van der Waals surface area contributed by atoms with Crippen LogP contribution in [0.3, 0.4) is 0 Å². The summed E-state index contributed by atoms with van der Waals surface area (Å²) in [6, 6.07) is -0.921. The third-order valence-corrected chi connectivity index (χ3v) is 3.06. The number of carbonyl (C=O) groups is 4. The topological polar surface area (TPSA) is 147 Å². The molecule has 0 radical (unpaired) electrons. The van der Waals surface area contributed by atoms with E-state index in [4.69, 9.17) is 15.9 Å². The van der Waals surface area contributed by atoms with Crippen molar-refractivity contribution in [3.8, 4) is 0 Å². The summed E-state index contributed by atoms with van der Waals surface area (Å²) in [6.45, 7) is 0. The highest BCUT2D eigenvalue weighted by atomic mass is 16.4. The van der Waals surface area contributed by atoms with E-state index < -0.39 is 18.0 Å². The molecule has 0 heterocycles. The molecule has 0 saturated carbocycles. The van der Waals surface area contributed by atoms with Gasteiger partial charge in [-0.2, -0.15) is 0 Å². The van der Waals surface area contributed by atoms with Crippen molar-refractivity contribution in [1.82, 2.24) is 5.32 Å². The molecule has 0 aromatic heterocycles. The molecule has 0 bridgehead atoms. The van der Waals surface area contributed by atoms with Crippen LogP contribution in [0.5, 0.6) is 0 Å². The summed E-state index contributed by atoms with van der Waals surface area (Å²) < 4.78 is 0. The van der Waals surface area contributed by atoms with Crippen LogP contribution in [-0.2, 0) is 19.2 Å². The molecular formula is C14H24N2O6. The molecule has 1 atom stereocenters. The van der Waals surface area contributed by atoms with Crippen LogP contribution in [0.25, 0.3) is 0 Å². The monoisotopic (exact) mass is 316 g/mol. The summed E-state index contributed by atoms with van der Waals surface area (Å²) in [7, 11) is 0. The smallest absolute Gasteiger partial charge is 0.320 e. The van der Waals surface area contributed by atoms with Crippen molar-refractivity contribution < 1.29 is 29.4 Å². The van der Waals surface area contributed by atoms with Crippen molar-refractivity contribution in [2.75, 3.05) is 0 Å². The third kappa shape index (κ3) is 11.8. The van der Waals surface area contributed by atoms with Crippen molar-refractivity contribution in [2.45, 2.75) is 63.8 Å². The molecule has 5 N–H and O–H groups in total. The Balaban J connectivity index is 3.59. The SMILES string of the molecule is NC(CCCCC(=O)NC(=O)CCCCCC(=O)O)C(=O)O. The lowest BCUT2D eigenvalue weighted by Crippen LogP contribution is -2.31. The van der Waals surface area contributed by atoms with Gasteiger partial charge in [-0.25, -0.2) is 0 Å². The first-order chi connectivity index (χ1) is 10.3. The Morgan fingerprint density at radius 3 is 1.82 bits per heavy atom. The number of imide groups is 1. The van der Waals surface area contributed by atoms with Gasteiger partial charge in [0.2, 0.25) is 11.8 Å². The zero-order valence-corrected chi connectivity index (χ0v) is 12.5. The van der Waals surface area contributed by atoms with Crippen molar-refractivity contribution in [3.63, 3.8) is 0 Å². The minimum atomic E-state index is -1.07. The number of nitrogens with one attached hydrogen (secondary N) is 1. The first-order valence-corrected chi connectivity index (χ1v) is 7.35. The minimum Gasteiger partial charge on any atom is -0.481 e. The average molecular weight is 316 g/mol. The van der Waals surface area contributed by atoms with Crippen molar-refractivity contribution in [3.05, 3.63) is 0 Å². The highest BCUT2D eigenvalue weighted by Crippen LogP contribution is 2.04. The predicted molar refractivity (Wildman–Crippen MR) is 77.9 cm³/mol. The Labute approximate surface area is 129 Å². The van der Waals surface area contributed by atoms with Gasteiger partial charge in [0.25, 0.3) is 0 Å². The molecule has 2 amide bonds. The quantitative estimate of drug-likeness (QED) is 0.386. The number of carboxylic acid groups (broad SMARTS) is 2. The van der Waals surface area contributed by atoms with Gasteiger partial charge in [0.15, 0.2) is 0 Å². The fourth-order valence-electron chi connectivity index (χ4n) is 1.79. The van der Waals surface area contributed by atoms with E-state index >= 15 is 0 Å². The second kappa shape index (κ2) is 11.7. The molecule has 22 heavy (non-hydrogen) atoms. The Morgan fingerprint density at radius 1 is 0.818 bits per heavy atom. The molecule has 0 aliphatic rings. The average Bonchev–Trinajstić information content (AvgIpc) is 2.42. The number of hydrogen-bond donors (Lipinski definition) is 4. The summed E-state index contributed by atoms with van der Waals surface area (Å²) in [5, 5.41) is 19.3. The number of hydrogen-bond acceptors (Lipinski definition) is 5. The number of carboxylic acids is 2. The first-order valence-electron chi connectivity index (χ1n) is 7.35. The van der Waals surface area contributed by atoms with Crippen molar-refractivity contribution in [1.29, 1.82) is 0 Å². The Morgan fingerprint density at radius 2 is 1.32 bits per heavy atom. The van der Waals surface area contributed by atoms with E-state index in [1.165, 1.54) is 0 Å². The van der Waals surface area contributed by atoms with Crippen LogP contribution in [0.2, 0.25) is 0 Å². The first kappa shape index (κ1) is 20.0. The Hall–Kier alpha value is -1.96. The molecule has 0 fully saturated rings. The van der Waals surface area contributed by atoms with E-state index in [9.17, 15) is 19.2 Å². The second-order valence-corrected chi connectivity index (χ2v) is 5.12. The van der Waals surface area contributed by atoms with Crippen LogP contribution >= 0.6 is 0 Å². The van der Waals surface area contributed by atoms with E-state index in [1.54, 1.807) is 0 Å². The maximum atomic E-state index is 11.5. The zero-order valence-electron chi connectivity index (χ0n) is 12.5. The van der Waals surface area contributed by atoms with Crippen LogP contribution in [-0.4, -0.2) is 40.0 Å². The second-order valence-electron chi connectivity index (χ2n) is 5.12. The van der Waals surface area contributed by atoms with Gasteiger partial charge < -0.3 is 15.9 Å². The molecule has 0 aromatic carbocycles. The summed E-state index contributed by atoms with van der Waals surface area (Å²) in [5.74, 6) is -2.69. The molecule has 0 aliphatic carbocycles. The van der Waals surface area contributed by atoms with Gasteiger partial charge in [-0.15, -0.1) is 0 Å². The molecular weight excluding hydrogens is 292 g/mol. The maximum Gasteiger partial charge on any atom is 0.320 e. The van der Waals surface area contributed by atoms with Crippen molar-refractivity contribution >= 4 is 23.8 Å². The van der Waals surface area contributed by atoms with Gasteiger partial charge in [0.1, 0.15) is 6.04 Å². The molecule has 0 aromatic rings. The summed E-state index contributed by atoms with van der Waals surface area (Å²) in [5.41, 5.74) is 5.32. The van der Waals surface area contributed by atoms with Crippen LogP contribution < -0.4 is 11.1 Å². The number of rotatable bonds is 12. The fraction of sp³-hybridized carbons (Fsp3) is 0.714. The van der Waals surface area contributed by atoms with Gasteiger partial charge in [0.05, 0.1) is 0 Å². The molecule has 0 spiro atoms. The number of amides is 2. The van der Waals surface area contributed by atoms with Gasteiger partial charge in [-0.3, -0.25) is 24.5 Å². The van der Waals surface area contributed by atoms with E-state index in [-0.39, 0.29) is 31.1 Å². The normalized spacial score (nSPS) is 11.7. The third-order valence-electron chi connectivity index (χ3n) is 3.06. The molecule has 126 valence electrons. The highest BCUT2D eigenvalue weighted by molar-refractivity contribution is 5.95. The Kier molecular flexibility index (Phi) is 10.6. The number of carbonyl (C=O) groups excluding carboxylic acids is 2. The van der Waals surface area contributed by atoms with Crippen LogP contribution in [0.4, 0.5) is 0 Å². The molecule has 0 rings (SSSR count). The molecule has 1 unspecified atom stereocenters. The largest absolute Gasteiger partial charge is 0.481 e. The standard InChI is InChI=1S/C14H24N2O6/c15-10(14(21)22)6-4-5-8-12(18)16-11(17)7-2-1-3-9-13(19)20/h10H,1-9,15H2,(H,19,20)(H,21,22)(H,16,17,18). The summed E-state index contributed by atoms with van der Waals surface area (Å²) >= 11 is 0. The zero-order chi connectivity index (χ0) is 17.0. The number of nitrogens with two attached hydrogens (primary N) is 1. The van der Waals surface area contributed by atoms with Crippen molar-refractivity contribution in [2.24, 2.45) is 5.73 Å². The van der Waals surface area contributed by atoms with E-state index in [0.717, 1.165) is 0 Å². The molecule has 0 aliphatic heterocycles. The molecule has 8 heteroatoms. The predicted octanol–water partition coefficient (Wildman–Crippen LogP) is 0.637. The Bertz CT molecular complexity index is 397. The maximum absolute atomic E-state index is 11.5. The van der Waals surface area contributed by atoms with E-state index in [1.807, 2.05) is 0 Å². The fourth-order valence-corrected chi connectivity index (χ4v) is 1.79. The van der Waals surface area contributed by atoms with E-state index in [0.29, 0.717) is 38.5 Å². The lowest BCUT2D eigenvalue weighted by atomic mass is 10.1. The van der Waals surface area contributed by atoms with Crippen LogP contribution in [0.1, 0.15) is 57.8 Å². The number of aliphatic carboxylic acids is 2. The lowest BCUT2D eigenvalue weighted by molar-refractivity contribution is -0.139. The molecule has 8 nitrogen and oxygen atoms in total. The highest BCUT2D eigenvalue weighted by Gasteiger charge is 2.12. The van der Waals surface area contributed by atoms with E-state index in [2.05, 4.69) is 5.32 Å². The van der Waals surface area contributed by atoms with Crippen LogP contribution in [0, 0.1) is 0 Å². The summed E-state index contributed by atoms with van der Waals surface area (Å²) in [4.78, 5) is 43.6. The number of unbranched alkanes of at least 4 members (excludes halogenated alkanes) is 3. The minimum absolute atomic E-state index is 0.0824. The van der Waals surface area contributed by atoms with Gasteiger partial charge in [-0.05, 0) is 25.7 Å². The van der Waals surface area contributed by atoms with Crippen LogP contribution in [0.15, 0.2) is 0 Å². The molecule has 0 saturated heterocycles. The van der Waals surface area contributed by atoms with Gasteiger partial charge in [0, 0.05) is 19.3 Å².